The summed E-state index contributed by atoms with van der Waals surface area (Å²) in [5, 5.41) is 0.365. The predicted molar refractivity (Wildman–Crippen MR) is 93.7 cm³/mol. The number of halogens is 1. The molecule has 0 unspecified atom stereocenters. The molecule has 0 fully saturated rings. The molecule has 0 aliphatic rings. The number of esters is 1. The average Bonchev–Trinajstić information content (AvgIpc) is 3.07. The van der Waals surface area contributed by atoms with E-state index in [0.717, 1.165) is 5.56 Å². The van der Waals surface area contributed by atoms with Crippen molar-refractivity contribution in [2.75, 3.05) is 13.2 Å². The maximum absolute atomic E-state index is 13.0. The molecule has 0 spiro atoms. The normalized spacial score (nSPS) is 11.7. The molecule has 25 heavy (non-hydrogen) atoms. The summed E-state index contributed by atoms with van der Waals surface area (Å²) in [6.07, 6.45) is 1.42. The van der Waals surface area contributed by atoms with E-state index >= 15 is 0 Å². The van der Waals surface area contributed by atoms with E-state index in [1.807, 2.05) is 0 Å². The lowest BCUT2D eigenvalue weighted by atomic mass is 10.2. The molecule has 0 amide bonds. The number of carbonyl (C=O) groups excluding carboxylic acids is 1. The Hall–Kier alpha value is -1.83. The molecule has 1 heterocycles. The van der Waals surface area contributed by atoms with E-state index in [2.05, 4.69) is 0 Å². The molecule has 0 N–H and O–H groups in total. The molecule has 2 rings (SSSR count). The summed E-state index contributed by atoms with van der Waals surface area (Å²) in [5.74, 6) is 0.0229. The number of sulfonamides is 1. The molecule has 0 aliphatic heterocycles. The maximum atomic E-state index is 13.0. The molecule has 1 aromatic heterocycles. The number of carbonyl (C=O) groups is 1. The summed E-state index contributed by atoms with van der Waals surface area (Å²) >= 11 is 6.06. The van der Waals surface area contributed by atoms with Gasteiger partial charge in [0.2, 0.25) is 10.0 Å². The van der Waals surface area contributed by atoms with Gasteiger partial charge in [0, 0.05) is 11.6 Å². The second-order valence-corrected chi connectivity index (χ2v) is 7.73. The first-order valence-corrected chi connectivity index (χ1v) is 9.60. The number of ether oxygens (including phenoxy) is 1. The van der Waals surface area contributed by atoms with Crippen molar-refractivity contribution in [1.29, 1.82) is 0 Å². The Labute approximate surface area is 152 Å². The highest BCUT2D eigenvalue weighted by atomic mass is 35.5. The van der Waals surface area contributed by atoms with Crippen LogP contribution in [0.5, 0.6) is 0 Å². The lowest BCUT2D eigenvalue weighted by Crippen LogP contribution is -2.33. The zero-order valence-electron chi connectivity index (χ0n) is 14.1. The summed E-state index contributed by atoms with van der Waals surface area (Å²) in [7, 11) is -3.85. The Balaban J connectivity index is 2.28. The number of aryl methyl sites for hydroxylation is 1. The summed E-state index contributed by atoms with van der Waals surface area (Å²) in [6.45, 7) is 3.73. The van der Waals surface area contributed by atoms with Gasteiger partial charge in [-0.25, -0.2) is 8.42 Å². The smallest absolute Gasteiger partial charge is 0.307 e. The summed E-state index contributed by atoms with van der Waals surface area (Å²) in [4.78, 5) is 11.7. The zero-order chi connectivity index (χ0) is 18.4. The fourth-order valence-corrected chi connectivity index (χ4v) is 3.87. The maximum Gasteiger partial charge on any atom is 0.307 e. The first kappa shape index (κ1) is 19.5. The van der Waals surface area contributed by atoms with Crippen molar-refractivity contribution in [3.8, 4) is 0 Å². The first-order chi connectivity index (χ1) is 11.8. The van der Waals surface area contributed by atoms with Gasteiger partial charge in [0.15, 0.2) is 0 Å². The van der Waals surface area contributed by atoms with Gasteiger partial charge in [-0.2, -0.15) is 4.31 Å². The van der Waals surface area contributed by atoms with Crippen LogP contribution < -0.4 is 0 Å². The van der Waals surface area contributed by atoms with Crippen molar-refractivity contribution in [2.45, 2.75) is 31.7 Å². The van der Waals surface area contributed by atoms with Crippen molar-refractivity contribution in [3.63, 3.8) is 0 Å². The van der Waals surface area contributed by atoms with Crippen LogP contribution in [0.1, 0.15) is 24.7 Å². The third-order valence-electron chi connectivity index (χ3n) is 3.56. The van der Waals surface area contributed by atoms with Gasteiger partial charge in [-0.3, -0.25) is 4.79 Å². The van der Waals surface area contributed by atoms with Gasteiger partial charge in [0.1, 0.15) is 5.76 Å². The van der Waals surface area contributed by atoms with Gasteiger partial charge in [-0.1, -0.05) is 17.7 Å². The van der Waals surface area contributed by atoms with Crippen LogP contribution in [0.4, 0.5) is 0 Å². The van der Waals surface area contributed by atoms with Gasteiger partial charge in [-0.05, 0) is 43.7 Å². The van der Waals surface area contributed by atoms with Crippen molar-refractivity contribution < 1.29 is 22.4 Å². The van der Waals surface area contributed by atoms with Crippen LogP contribution in [-0.4, -0.2) is 31.8 Å². The second-order valence-electron chi connectivity index (χ2n) is 5.38. The van der Waals surface area contributed by atoms with Crippen molar-refractivity contribution in [1.82, 2.24) is 4.31 Å². The molecule has 0 atom stereocenters. The number of nitrogens with zero attached hydrogens (tertiary/aromatic N) is 1. The topological polar surface area (TPSA) is 76.8 Å². The Morgan fingerprint density at radius 3 is 2.68 bits per heavy atom. The standard InChI is InChI=1S/C17H20ClNO5S/c1-3-23-17(20)8-9-19(12-14-5-4-10-24-14)25(21,22)15-7-6-13(2)16(18)11-15/h4-7,10-11H,3,8-9,12H2,1-2H3. The van der Waals surface area contributed by atoms with Gasteiger partial charge < -0.3 is 9.15 Å². The number of hydrogen-bond acceptors (Lipinski definition) is 5. The molecular formula is C17H20ClNO5S. The third kappa shape index (κ3) is 5.07. The van der Waals surface area contributed by atoms with E-state index in [1.54, 1.807) is 32.0 Å². The summed E-state index contributed by atoms with van der Waals surface area (Å²) in [5.41, 5.74) is 0.782. The van der Waals surface area contributed by atoms with E-state index in [-0.39, 0.29) is 31.0 Å². The Morgan fingerprint density at radius 2 is 2.08 bits per heavy atom. The molecule has 8 heteroatoms. The molecule has 0 aliphatic carbocycles. The van der Waals surface area contributed by atoms with Gasteiger partial charge >= 0.3 is 5.97 Å². The number of furan rings is 1. The minimum absolute atomic E-state index is 0.0141. The molecule has 0 saturated carbocycles. The molecule has 2 aromatic rings. The van der Waals surface area contributed by atoms with Gasteiger partial charge in [0.05, 0.1) is 30.7 Å². The van der Waals surface area contributed by atoms with Crippen LogP contribution in [0, 0.1) is 6.92 Å². The second kappa shape index (κ2) is 8.51. The minimum Gasteiger partial charge on any atom is -0.468 e. The highest BCUT2D eigenvalue weighted by Crippen LogP contribution is 2.24. The quantitative estimate of drug-likeness (QED) is 0.651. The lowest BCUT2D eigenvalue weighted by Gasteiger charge is -2.21. The molecule has 0 bridgehead atoms. The predicted octanol–water partition coefficient (Wildman–Crippen LogP) is 3.39. The molecule has 136 valence electrons. The lowest BCUT2D eigenvalue weighted by molar-refractivity contribution is -0.143. The van der Waals surface area contributed by atoms with Gasteiger partial charge in [-0.15, -0.1) is 0 Å². The van der Waals surface area contributed by atoms with Crippen LogP contribution >= 0.6 is 11.6 Å². The number of rotatable bonds is 8. The summed E-state index contributed by atoms with van der Waals surface area (Å²) in [6, 6.07) is 7.90. The monoisotopic (exact) mass is 385 g/mol. The third-order valence-corrected chi connectivity index (χ3v) is 5.81. The van der Waals surface area contributed by atoms with Crippen molar-refractivity contribution >= 4 is 27.6 Å². The van der Waals surface area contributed by atoms with E-state index in [9.17, 15) is 13.2 Å². The Morgan fingerprint density at radius 1 is 1.32 bits per heavy atom. The first-order valence-electron chi connectivity index (χ1n) is 7.79. The van der Waals surface area contributed by atoms with Crippen LogP contribution in [0.15, 0.2) is 45.9 Å². The van der Waals surface area contributed by atoms with E-state index in [1.165, 1.54) is 22.7 Å². The van der Waals surface area contributed by atoms with Crippen molar-refractivity contribution in [2.24, 2.45) is 0 Å². The summed E-state index contributed by atoms with van der Waals surface area (Å²) < 4.78 is 37.2. The molecular weight excluding hydrogens is 366 g/mol. The largest absolute Gasteiger partial charge is 0.468 e. The molecule has 0 saturated heterocycles. The van der Waals surface area contributed by atoms with Crippen molar-refractivity contribution in [3.05, 3.63) is 52.9 Å². The fourth-order valence-electron chi connectivity index (χ4n) is 2.19. The highest BCUT2D eigenvalue weighted by Gasteiger charge is 2.26. The Kier molecular flexibility index (Phi) is 6.64. The van der Waals surface area contributed by atoms with Crippen LogP contribution in [0.25, 0.3) is 0 Å². The zero-order valence-corrected chi connectivity index (χ0v) is 15.6. The average molecular weight is 386 g/mol. The van der Waals surface area contributed by atoms with Crippen LogP contribution in [-0.2, 0) is 26.1 Å². The molecule has 1 aromatic carbocycles. The number of hydrogen-bond donors (Lipinski definition) is 0. The van der Waals surface area contributed by atoms with Crippen LogP contribution in [0.3, 0.4) is 0 Å². The molecule has 0 radical (unpaired) electrons. The Bertz CT molecular complexity index is 818. The molecule has 6 nitrogen and oxygen atoms in total. The van der Waals surface area contributed by atoms with Gasteiger partial charge in [0.25, 0.3) is 0 Å². The van der Waals surface area contributed by atoms with E-state index < -0.39 is 16.0 Å². The van der Waals surface area contributed by atoms with Crippen LogP contribution in [0.2, 0.25) is 5.02 Å². The minimum atomic E-state index is -3.85. The van der Waals surface area contributed by atoms with E-state index in [0.29, 0.717) is 10.8 Å². The number of benzene rings is 1. The van der Waals surface area contributed by atoms with E-state index in [4.69, 9.17) is 20.8 Å². The fraction of sp³-hybridized carbons (Fsp3) is 0.353. The highest BCUT2D eigenvalue weighted by molar-refractivity contribution is 7.89. The SMILES string of the molecule is CCOC(=O)CCN(Cc1ccco1)S(=O)(=O)c1ccc(C)c(Cl)c1.